The number of benzene rings is 1. The van der Waals surface area contributed by atoms with Gasteiger partial charge in [-0.2, -0.15) is 0 Å². The van der Waals surface area contributed by atoms with Crippen molar-refractivity contribution in [1.29, 1.82) is 0 Å². The SMILES string of the molecule is CCC1CCCC(OC(C)C(=O)c2ccc(C)c(C)c2)C1. The van der Waals surface area contributed by atoms with E-state index >= 15 is 0 Å². The highest BCUT2D eigenvalue weighted by molar-refractivity contribution is 5.99. The van der Waals surface area contributed by atoms with E-state index in [9.17, 15) is 4.79 Å². The summed E-state index contributed by atoms with van der Waals surface area (Å²) >= 11 is 0. The Balaban J connectivity index is 1.97. The first-order valence-electron chi connectivity index (χ1n) is 8.28. The Labute approximate surface area is 128 Å². The summed E-state index contributed by atoms with van der Waals surface area (Å²) in [5, 5.41) is 0. The van der Waals surface area contributed by atoms with Crippen LogP contribution in [0, 0.1) is 19.8 Å². The Kier molecular flexibility index (Phi) is 5.58. The molecule has 1 fully saturated rings. The molecule has 0 spiro atoms. The number of carbonyl (C=O) groups excluding carboxylic acids is 1. The number of aryl methyl sites for hydroxylation is 2. The third-order valence-corrected chi connectivity index (χ3v) is 4.87. The summed E-state index contributed by atoms with van der Waals surface area (Å²) < 4.78 is 6.06. The Morgan fingerprint density at radius 1 is 1.29 bits per heavy atom. The zero-order chi connectivity index (χ0) is 15.4. The lowest BCUT2D eigenvalue weighted by atomic mass is 9.85. The minimum Gasteiger partial charge on any atom is -0.367 e. The van der Waals surface area contributed by atoms with E-state index < -0.39 is 0 Å². The normalized spacial score (nSPS) is 23.8. The van der Waals surface area contributed by atoms with Gasteiger partial charge in [0.25, 0.3) is 0 Å². The molecule has 2 nitrogen and oxygen atoms in total. The molecule has 1 aliphatic rings. The molecule has 0 saturated heterocycles. The number of Topliss-reactive ketones (excluding diaryl/α,β-unsaturated/α-hetero) is 1. The van der Waals surface area contributed by atoms with E-state index in [2.05, 4.69) is 13.8 Å². The van der Waals surface area contributed by atoms with Crippen LogP contribution in [-0.4, -0.2) is 18.0 Å². The highest BCUT2D eigenvalue weighted by Crippen LogP contribution is 2.29. The van der Waals surface area contributed by atoms with Crippen LogP contribution >= 0.6 is 0 Å². The Hall–Kier alpha value is -1.15. The van der Waals surface area contributed by atoms with Crippen molar-refractivity contribution in [1.82, 2.24) is 0 Å². The van der Waals surface area contributed by atoms with Crippen LogP contribution in [-0.2, 0) is 4.74 Å². The van der Waals surface area contributed by atoms with Crippen LogP contribution in [0.1, 0.15) is 67.4 Å². The highest BCUT2D eigenvalue weighted by Gasteiger charge is 2.25. The lowest BCUT2D eigenvalue weighted by molar-refractivity contribution is -0.0221. The standard InChI is InChI=1S/C19H28O2/c1-5-16-7-6-8-18(12-16)21-15(4)19(20)17-10-9-13(2)14(3)11-17/h9-11,15-16,18H,5-8,12H2,1-4H3. The third kappa shape index (κ3) is 4.16. The third-order valence-electron chi connectivity index (χ3n) is 4.87. The molecule has 1 saturated carbocycles. The van der Waals surface area contributed by atoms with Crippen LogP contribution in [0.5, 0.6) is 0 Å². The molecule has 21 heavy (non-hydrogen) atoms. The number of hydrogen-bond donors (Lipinski definition) is 0. The van der Waals surface area contributed by atoms with Crippen molar-refractivity contribution in [3.05, 3.63) is 34.9 Å². The molecule has 2 heteroatoms. The number of ether oxygens (including phenoxy) is 1. The van der Waals surface area contributed by atoms with Gasteiger partial charge in [-0.1, -0.05) is 38.3 Å². The van der Waals surface area contributed by atoms with E-state index in [-0.39, 0.29) is 18.0 Å². The Morgan fingerprint density at radius 3 is 2.71 bits per heavy atom. The number of hydrogen-bond acceptors (Lipinski definition) is 2. The maximum absolute atomic E-state index is 12.5. The molecule has 116 valence electrons. The van der Waals surface area contributed by atoms with Gasteiger partial charge in [0.05, 0.1) is 6.10 Å². The average molecular weight is 288 g/mol. The monoisotopic (exact) mass is 288 g/mol. The lowest BCUT2D eigenvalue weighted by Crippen LogP contribution is -2.30. The molecule has 1 aromatic carbocycles. The van der Waals surface area contributed by atoms with Gasteiger partial charge in [0.15, 0.2) is 5.78 Å². The molecule has 0 bridgehead atoms. The summed E-state index contributed by atoms with van der Waals surface area (Å²) in [6.45, 7) is 8.25. The first kappa shape index (κ1) is 16.2. The van der Waals surface area contributed by atoms with E-state index in [1.165, 1.54) is 24.8 Å². The molecular weight excluding hydrogens is 260 g/mol. The summed E-state index contributed by atoms with van der Waals surface area (Å²) in [7, 11) is 0. The fourth-order valence-electron chi connectivity index (χ4n) is 3.22. The van der Waals surface area contributed by atoms with Crippen molar-refractivity contribution in [2.75, 3.05) is 0 Å². The fourth-order valence-corrected chi connectivity index (χ4v) is 3.22. The first-order chi connectivity index (χ1) is 10.0. The van der Waals surface area contributed by atoms with Crippen LogP contribution in [0.2, 0.25) is 0 Å². The van der Waals surface area contributed by atoms with Crippen LogP contribution in [0.15, 0.2) is 18.2 Å². The topological polar surface area (TPSA) is 26.3 Å². The Bertz CT molecular complexity index is 492. The summed E-state index contributed by atoms with van der Waals surface area (Å²) in [5.74, 6) is 0.879. The largest absolute Gasteiger partial charge is 0.367 e. The Morgan fingerprint density at radius 2 is 2.05 bits per heavy atom. The maximum atomic E-state index is 12.5. The molecule has 3 atom stereocenters. The maximum Gasteiger partial charge on any atom is 0.191 e. The van der Waals surface area contributed by atoms with Gasteiger partial charge < -0.3 is 4.74 Å². The smallest absolute Gasteiger partial charge is 0.191 e. The van der Waals surface area contributed by atoms with E-state index in [4.69, 9.17) is 4.74 Å². The molecule has 3 unspecified atom stereocenters. The van der Waals surface area contributed by atoms with Crippen molar-refractivity contribution < 1.29 is 9.53 Å². The summed E-state index contributed by atoms with van der Waals surface area (Å²) in [6, 6.07) is 5.91. The molecule has 0 aromatic heterocycles. The number of rotatable bonds is 5. The molecule has 1 aromatic rings. The van der Waals surface area contributed by atoms with Crippen molar-refractivity contribution in [2.45, 2.75) is 72.0 Å². The second-order valence-electron chi connectivity index (χ2n) is 6.50. The molecule has 0 radical (unpaired) electrons. The highest BCUT2D eigenvalue weighted by atomic mass is 16.5. The van der Waals surface area contributed by atoms with E-state index in [0.29, 0.717) is 0 Å². The van der Waals surface area contributed by atoms with Gasteiger partial charge in [0, 0.05) is 5.56 Å². The van der Waals surface area contributed by atoms with Gasteiger partial charge >= 0.3 is 0 Å². The lowest BCUT2D eigenvalue weighted by Gasteiger charge is -2.30. The van der Waals surface area contributed by atoms with Crippen LogP contribution in [0.25, 0.3) is 0 Å². The van der Waals surface area contributed by atoms with Crippen molar-refractivity contribution >= 4 is 5.78 Å². The average Bonchev–Trinajstić information content (AvgIpc) is 2.49. The summed E-state index contributed by atoms with van der Waals surface area (Å²) in [4.78, 5) is 12.5. The number of ketones is 1. The second-order valence-corrected chi connectivity index (χ2v) is 6.50. The summed E-state index contributed by atoms with van der Waals surface area (Å²) in [5.41, 5.74) is 3.16. The molecule has 0 N–H and O–H groups in total. The van der Waals surface area contributed by atoms with Crippen LogP contribution in [0.4, 0.5) is 0 Å². The van der Waals surface area contributed by atoms with Gasteiger partial charge in [-0.05, 0) is 56.7 Å². The zero-order valence-corrected chi connectivity index (χ0v) is 13.8. The van der Waals surface area contributed by atoms with Crippen molar-refractivity contribution in [3.8, 4) is 0 Å². The van der Waals surface area contributed by atoms with Gasteiger partial charge in [-0.15, -0.1) is 0 Å². The van der Waals surface area contributed by atoms with Gasteiger partial charge in [-0.3, -0.25) is 4.79 Å². The minimum absolute atomic E-state index is 0.108. The minimum atomic E-state index is -0.340. The molecule has 0 amide bonds. The molecule has 0 heterocycles. The zero-order valence-electron chi connectivity index (χ0n) is 13.8. The van der Waals surface area contributed by atoms with Gasteiger partial charge in [0.2, 0.25) is 0 Å². The van der Waals surface area contributed by atoms with Crippen molar-refractivity contribution in [3.63, 3.8) is 0 Å². The van der Waals surface area contributed by atoms with Crippen molar-refractivity contribution in [2.24, 2.45) is 5.92 Å². The van der Waals surface area contributed by atoms with Crippen LogP contribution in [0.3, 0.4) is 0 Å². The van der Waals surface area contributed by atoms with Gasteiger partial charge in [0.1, 0.15) is 6.10 Å². The molecular formula is C19H28O2. The first-order valence-corrected chi connectivity index (χ1v) is 8.28. The molecule has 0 aliphatic heterocycles. The van der Waals surface area contributed by atoms with E-state index in [0.717, 1.165) is 29.9 Å². The van der Waals surface area contributed by atoms with E-state index in [1.54, 1.807) is 0 Å². The molecule has 1 aliphatic carbocycles. The van der Waals surface area contributed by atoms with Gasteiger partial charge in [-0.25, -0.2) is 0 Å². The second kappa shape index (κ2) is 7.22. The molecule has 2 rings (SSSR count). The predicted octanol–water partition coefficient (Wildman–Crippen LogP) is 4.86. The number of carbonyl (C=O) groups is 1. The predicted molar refractivity (Wildman–Crippen MR) is 86.8 cm³/mol. The fraction of sp³-hybridized carbons (Fsp3) is 0.632. The quantitative estimate of drug-likeness (QED) is 0.723. The van der Waals surface area contributed by atoms with Crippen LogP contribution < -0.4 is 0 Å². The summed E-state index contributed by atoms with van der Waals surface area (Å²) in [6.07, 6.45) is 5.90. The van der Waals surface area contributed by atoms with E-state index in [1.807, 2.05) is 32.0 Å².